The fraction of sp³-hybridized carbons (Fsp3) is 1.00. The van der Waals surface area contributed by atoms with Gasteiger partial charge < -0.3 is 9.42 Å². The minimum absolute atomic E-state index is 0.299. The predicted octanol–water partition coefficient (Wildman–Crippen LogP) is 1.23. The molecule has 0 saturated carbocycles. The van der Waals surface area contributed by atoms with Crippen molar-refractivity contribution in [3.63, 3.8) is 0 Å². The summed E-state index contributed by atoms with van der Waals surface area (Å²) in [6.45, 7) is 3.29. The molecule has 0 spiro atoms. The fourth-order valence-corrected chi connectivity index (χ4v) is 0.632. The summed E-state index contributed by atoms with van der Waals surface area (Å²) in [7, 11) is -2.01. The molecule has 0 aliphatic rings. The Morgan fingerprint density at radius 3 is 2.00 bits per heavy atom. The Bertz CT molecular complexity index is 110. The van der Waals surface area contributed by atoms with Crippen LogP contribution in [0.4, 0.5) is 0 Å². The molecule has 1 N–H and O–H groups in total. The van der Waals surface area contributed by atoms with Crippen LogP contribution in [-0.2, 0) is 9.09 Å². The molecule has 0 saturated heterocycles. The summed E-state index contributed by atoms with van der Waals surface area (Å²) in [6.07, 6.45) is 0. The third kappa shape index (κ3) is 1.95. The molecule has 0 aromatic rings. The Kier molecular flexibility index (Phi) is 2.67. The molecular formula is C4H11O3P. The van der Waals surface area contributed by atoms with Crippen LogP contribution in [0.5, 0.6) is 0 Å². The molecule has 0 fully saturated rings. The van der Waals surface area contributed by atoms with Gasteiger partial charge >= 0.3 is 7.60 Å². The van der Waals surface area contributed by atoms with Crippen LogP contribution in [0.2, 0.25) is 0 Å². The van der Waals surface area contributed by atoms with Crippen molar-refractivity contribution in [2.24, 2.45) is 0 Å². The van der Waals surface area contributed by atoms with Gasteiger partial charge in [0.05, 0.1) is 5.66 Å². The molecule has 0 radical (unpaired) electrons. The highest BCUT2D eigenvalue weighted by Crippen LogP contribution is 2.45. The van der Waals surface area contributed by atoms with Crippen LogP contribution in [0.25, 0.3) is 0 Å². The fourth-order valence-electron chi connectivity index (χ4n) is 0.211. The Hall–Kier alpha value is 0.150. The third-order valence-corrected chi connectivity index (χ3v) is 2.74. The maximum Gasteiger partial charge on any atom is 0.330 e. The zero-order chi connectivity index (χ0) is 6.78. The second-order valence-corrected chi connectivity index (χ2v) is 4.37. The van der Waals surface area contributed by atoms with Gasteiger partial charge in [-0.1, -0.05) is 13.8 Å². The van der Waals surface area contributed by atoms with Gasteiger partial charge in [0.1, 0.15) is 0 Å². The van der Waals surface area contributed by atoms with E-state index in [9.17, 15) is 4.57 Å². The summed E-state index contributed by atoms with van der Waals surface area (Å²) in [5.41, 5.74) is -0.299. The first-order chi connectivity index (χ1) is 3.50. The van der Waals surface area contributed by atoms with Crippen LogP contribution in [0.15, 0.2) is 0 Å². The summed E-state index contributed by atoms with van der Waals surface area (Å²) in [5.74, 6) is 0. The van der Waals surface area contributed by atoms with E-state index in [1.54, 1.807) is 13.8 Å². The quantitative estimate of drug-likeness (QED) is 0.583. The first-order valence-corrected chi connectivity index (χ1v) is 4.03. The van der Waals surface area contributed by atoms with Crippen molar-refractivity contribution in [2.75, 3.05) is 7.11 Å². The van der Waals surface area contributed by atoms with E-state index >= 15 is 0 Å². The molecule has 4 heteroatoms. The Balaban J connectivity index is 3.93. The van der Waals surface area contributed by atoms with Crippen molar-refractivity contribution in [1.29, 1.82) is 0 Å². The summed E-state index contributed by atoms with van der Waals surface area (Å²) < 4.78 is 14.9. The lowest BCUT2D eigenvalue weighted by molar-refractivity contribution is 0.308. The maximum atomic E-state index is 10.6. The van der Waals surface area contributed by atoms with Crippen molar-refractivity contribution in [1.82, 2.24) is 0 Å². The molecule has 0 amide bonds. The van der Waals surface area contributed by atoms with Crippen molar-refractivity contribution in [2.45, 2.75) is 19.5 Å². The van der Waals surface area contributed by atoms with Crippen LogP contribution in [0.3, 0.4) is 0 Å². The van der Waals surface area contributed by atoms with E-state index in [0.29, 0.717) is 0 Å². The Labute approximate surface area is 49.2 Å². The van der Waals surface area contributed by atoms with Crippen LogP contribution >= 0.6 is 7.60 Å². The number of rotatable bonds is 2. The molecule has 1 unspecified atom stereocenters. The minimum Gasteiger partial charge on any atom is -0.324 e. The second-order valence-electron chi connectivity index (χ2n) is 1.84. The number of hydrogen-bond acceptors (Lipinski definition) is 2. The lowest BCUT2D eigenvalue weighted by Crippen LogP contribution is -1.97. The van der Waals surface area contributed by atoms with Crippen molar-refractivity contribution >= 4 is 7.60 Å². The molecule has 50 valence electrons. The van der Waals surface area contributed by atoms with Crippen LogP contribution in [0, 0.1) is 0 Å². The molecule has 0 heterocycles. The highest BCUT2D eigenvalue weighted by atomic mass is 31.2. The highest BCUT2D eigenvalue weighted by molar-refractivity contribution is 7.53. The van der Waals surface area contributed by atoms with Gasteiger partial charge in [-0.05, 0) is 0 Å². The third-order valence-electron chi connectivity index (χ3n) is 0.914. The monoisotopic (exact) mass is 138 g/mol. The smallest absolute Gasteiger partial charge is 0.324 e. The Morgan fingerprint density at radius 2 is 2.00 bits per heavy atom. The summed E-state index contributed by atoms with van der Waals surface area (Å²) in [6, 6.07) is 0. The summed E-state index contributed by atoms with van der Waals surface area (Å²) in [5, 5.41) is 0. The van der Waals surface area contributed by atoms with Crippen molar-refractivity contribution < 1.29 is 14.0 Å². The van der Waals surface area contributed by atoms with Crippen LogP contribution in [0.1, 0.15) is 13.8 Å². The Morgan fingerprint density at radius 1 is 1.62 bits per heavy atom. The largest absolute Gasteiger partial charge is 0.330 e. The molecule has 0 aromatic carbocycles. The van der Waals surface area contributed by atoms with E-state index in [2.05, 4.69) is 4.52 Å². The molecule has 0 aromatic heterocycles. The zero-order valence-electron chi connectivity index (χ0n) is 5.29. The van der Waals surface area contributed by atoms with Crippen LogP contribution in [-0.4, -0.2) is 17.7 Å². The molecule has 0 aliphatic carbocycles. The molecule has 8 heavy (non-hydrogen) atoms. The van der Waals surface area contributed by atoms with Gasteiger partial charge in [-0.25, -0.2) is 0 Å². The van der Waals surface area contributed by atoms with E-state index < -0.39 is 7.60 Å². The average Bonchev–Trinajstić information content (AvgIpc) is 1.67. The van der Waals surface area contributed by atoms with Gasteiger partial charge in [0.25, 0.3) is 0 Å². The van der Waals surface area contributed by atoms with Gasteiger partial charge in [0, 0.05) is 7.11 Å². The predicted molar refractivity (Wildman–Crippen MR) is 32.0 cm³/mol. The topological polar surface area (TPSA) is 46.5 Å². The van der Waals surface area contributed by atoms with E-state index in [4.69, 9.17) is 4.89 Å². The molecule has 0 bridgehead atoms. The van der Waals surface area contributed by atoms with E-state index in [1.807, 2.05) is 0 Å². The van der Waals surface area contributed by atoms with Gasteiger partial charge in [0.15, 0.2) is 0 Å². The van der Waals surface area contributed by atoms with E-state index in [1.165, 1.54) is 7.11 Å². The first-order valence-electron chi connectivity index (χ1n) is 2.39. The van der Waals surface area contributed by atoms with Gasteiger partial charge in [-0.15, -0.1) is 0 Å². The SMILES string of the molecule is COP(=O)(O)C(C)C. The van der Waals surface area contributed by atoms with Crippen molar-refractivity contribution in [3.8, 4) is 0 Å². The average molecular weight is 138 g/mol. The minimum atomic E-state index is -3.25. The highest BCUT2D eigenvalue weighted by Gasteiger charge is 2.21. The summed E-state index contributed by atoms with van der Waals surface area (Å²) in [4.78, 5) is 8.73. The van der Waals surface area contributed by atoms with E-state index in [0.717, 1.165) is 0 Å². The standard InChI is InChI=1S/C4H11O3P/c1-4(2)8(5,6)7-3/h4H,1-3H3,(H,5,6). The van der Waals surface area contributed by atoms with Gasteiger partial charge in [-0.3, -0.25) is 4.57 Å². The molecule has 3 nitrogen and oxygen atoms in total. The summed E-state index contributed by atoms with van der Waals surface area (Å²) >= 11 is 0. The normalized spacial score (nSPS) is 18.6. The molecule has 1 atom stereocenters. The zero-order valence-corrected chi connectivity index (χ0v) is 6.18. The second kappa shape index (κ2) is 2.62. The van der Waals surface area contributed by atoms with Gasteiger partial charge in [-0.2, -0.15) is 0 Å². The molecule has 0 rings (SSSR count). The van der Waals surface area contributed by atoms with Gasteiger partial charge in [0.2, 0.25) is 0 Å². The molecular weight excluding hydrogens is 127 g/mol. The number of hydrogen-bond donors (Lipinski definition) is 1. The maximum absolute atomic E-state index is 10.6. The molecule has 0 aliphatic heterocycles. The lowest BCUT2D eigenvalue weighted by Gasteiger charge is -2.10. The van der Waals surface area contributed by atoms with E-state index in [-0.39, 0.29) is 5.66 Å². The van der Waals surface area contributed by atoms with Crippen molar-refractivity contribution in [3.05, 3.63) is 0 Å². The van der Waals surface area contributed by atoms with Crippen LogP contribution < -0.4 is 0 Å². The lowest BCUT2D eigenvalue weighted by atomic mass is 10.6. The first kappa shape index (κ1) is 8.15.